The van der Waals surface area contributed by atoms with Gasteiger partial charge in [-0.2, -0.15) is 0 Å². The SMILES string of the molecule is Fc1ccc(Br)cc1OCOc1cc(Br)ccc1F. The Morgan fingerprint density at radius 2 is 1.21 bits per heavy atom. The highest BCUT2D eigenvalue weighted by atomic mass is 79.9. The summed E-state index contributed by atoms with van der Waals surface area (Å²) >= 11 is 6.40. The highest BCUT2D eigenvalue weighted by Gasteiger charge is 2.07. The van der Waals surface area contributed by atoms with E-state index >= 15 is 0 Å². The van der Waals surface area contributed by atoms with Crippen molar-refractivity contribution in [1.82, 2.24) is 0 Å². The predicted octanol–water partition coefficient (Wildman–Crippen LogP) is 4.91. The van der Waals surface area contributed by atoms with Crippen molar-refractivity contribution in [3.63, 3.8) is 0 Å². The second kappa shape index (κ2) is 6.34. The molecule has 2 aromatic carbocycles. The van der Waals surface area contributed by atoms with E-state index < -0.39 is 11.6 Å². The predicted molar refractivity (Wildman–Crippen MR) is 74.3 cm³/mol. The molecule has 0 fully saturated rings. The van der Waals surface area contributed by atoms with Gasteiger partial charge in [-0.3, -0.25) is 0 Å². The minimum atomic E-state index is -0.512. The van der Waals surface area contributed by atoms with E-state index in [1.807, 2.05) is 0 Å². The zero-order valence-corrected chi connectivity index (χ0v) is 12.7. The van der Waals surface area contributed by atoms with Crippen LogP contribution in [0.4, 0.5) is 8.78 Å². The van der Waals surface area contributed by atoms with Crippen LogP contribution < -0.4 is 9.47 Å². The highest BCUT2D eigenvalue weighted by Crippen LogP contribution is 2.24. The number of ether oxygens (including phenoxy) is 2. The van der Waals surface area contributed by atoms with Crippen molar-refractivity contribution in [2.75, 3.05) is 6.79 Å². The summed E-state index contributed by atoms with van der Waals surface area (Å²) in [6.45, 7) is -0.291. The van der Waals surface area contributed by atoms with Crippen molar-refractivity contribution >= 4 is 31.9 Å². The van der Waals surface area contributed by atoms with Gasteiger partial charge in [0.1, 0.15) is 0 Å². The van der Waals surface area contributed by atoms with Gasteiger partial charge in [0.2, 0.25) is 6.79 Å². The second-order valence-corrected chi connectivity index (χ2v) is 5.39. The van der Waals surface area contributed by atoms with E-state index in [1.165, 1.54) is 24.3 Å². The molecule has 0 bridgehead atoms. The van der Waals surface area contributed by atoms with Crippen LogP contribution in [0.2, 0.25) is 0 Å². The Morgan fingerprint density at radius 1 is 0.789 bits per heavy atom. The minimum absolute atomic E-state index is 0.0322. The fourth-order valence-corrected chi connectivity index (χ4v) is 2.01. The Morgan fingerprint density at radius 3 is 1.63 bits per heavy atom. The van der Waals surface area contributed by atoms with Crippen LogP contribution >= 0.6 is 31.9 Å². The van der Waals surface area contributed by atoms with Crippen molar-refractivity contribution in [2.24, 2.45) is 0 Å². The Kier molecular flexibility index (Phi) is 4.76. The maximum atomic E-state index is 13.4. The number of rotatable bonds is 4. The molecule has 2 aromatic rings. The molecular formula is C13H8Br2F2O2. The van der Waals surface area contributed by atoms with Crippen LogP contribution in [-0.2, 0) is 0 Å². The average molecular weight is 394 g/mol. The normalized spacial score (nSPS) is 10.3. The van der Waals surface area contributed by atoms with Gasteiger partial charge in [-0.25, -0.2) is 8.78 Å². The number of hydrogen-bond donors (Lipinski definition) is 0. The number of benzene rings is 2. The Bertz CT molecular complexity index is 539. The standard InChI is InChI=1S/C13H8Br2F2O2/c14-8-1-3-10(16)12(5-8)18-7-19-13-6-9(15)2-4-11(13)17/h1-6H,7H2. The van der Waals surface area contributed by atoms with Gasteiger partial charge in [0.05, 0.1) is 0 Å². The molecule has 0 aromatic heterocycles. The maximum absolute atomic E-state index is 13.4. The smallest absolute Gasteiger partial charge is 0.231 e. The van der Waals surface area contributed by atoms with E-state index in [0.29, 0.717) is 8.95 Å². The fourth-order valence-electron chi connectivity index (χ4n) is 1.33. The topological polar surface area (TPSA) is 18.5 Å². The molecule has 0 N–H and O–H groups in total. The van der Waals surface area contributed by atoms with Crippen molar-refractivity contribution in [3.8, 4) is 11.5 Å². The lowest BCUT2D eigenvalue weighted by molar-refractivity contribution is 0.111. The van der Waals surface area contributed by atoms with Gasteiger partial charge in [-0.1, -0.05) is 31.9 Å². The molecule has 19 heavy (non-hydrogen) atoms. The first-order chi connectivity index (χ1) is 9.06. The molecule has 0 amide bonds. The zero-order chi connectivity index (χ0) is 13.8. The van der Waals surface area contributed by atoms with Crippen LogP contribution in [0.1, 0.15) is 0 Å². The molecule has 0 aliphatic carbocycles. The molecule has 0 saturated heterocycles. The third kappa shape index (κ3) is 3.91. The summed E-state index contributed by atoms with van der Waals surface area (Å²) in [5.41, 5.74) is 0. The zero-order valence-electron chi connectivity index (χ0n) is 9.50. The molecular weight excluding hydrogens is 386 g/mol. The highest BCUT2D eigenvalue weighted by molar-refractivity contribution is 9.10. The summed E-state index contributed by atoms with van der Waals surface area (Å²) in [4.78, 5) is 0. The average Bonchev–Trinajstić information content (AvgIpc) is 2.38. The molecule has 2 nitrogen and oxygen atoms in total. The van der Waals surface area contributed by atoms with E-state index in [-0.39, 0.29) is 18.3 Å². The summed E-state index contributed by atoms with van der Waals surface area (Å²) in [5, 5.41) is 0. The van der Waals surface area contributed by atoms with E-state index in [0.717, 1.165) is 0 Å². The van der Waals surface area contributed by atoms with E-state index in [4.69, 9.17) is 9.47 Å². The molecule has 0 atom stereocenters. The Labute approximate surface area is 125 Å². The van der Waals surface area contributed by atoms with Gasteiger partial charge in [-0.05, 0) is 36.4 Å². The van der Waals surface area contributed by atoms with Crippen molar-refractivity contribution in [1.29, 1.82) is 0 Å². The Hall–Kier alpha value is -1.14. The molecule has 100 valence electrons. The first-order valence-corrected chi connectivity index (χ1v) is 6.80. The third-order valence-corrected chi connectivity index (χ3v) is 3.20. The van der Waals surface area contributed by atoms with Gasteiger partial charge in [-0.15, -0.1) is 0 Å². The van der Waals surface area contributed by atoms with Crippen LogP contribution in [0.15, 0.2) is 45.3 Å². The molecule has 0 aliphatic rings. The van der Waals surface area contributed by atoms with E-state index in [9.17, 15) is 8.78 Å². The van der Waals surface area contributed by atoms with Crippen LogP contribution in [0.25, 0.3) is 0 Å². The summed E-state index contributed by atoms with van der Waals surface area (Å²) in [6, 6.07) is 8.57. The van der Waals surface area contributed by atoms with E-state index in [1.54, 1.807) is 12.1 Å². The molecule has 6 heteroatoms. The quantitative estimate of drug-likeness (QED) is 0.687. The summed E-state index contributed by atoms with van der Waals surface area (Å²) in [5.74, 6) is -0.961. The molecule has 0 aliphatic heterocycles. The summed E-state index contributed by atoms with van der Waals surface area (Å²) < 4.78 is 38.3. The molecule has 0 spiro atoms. The maximum Gasteiger partial charge on any atom is 0.231 e. The van der Waals surface area contributed by atoms with Crippen LogP contribution in [-0.4, -0.2) is 6.79 Å². The molecule has 0 saturated carbocycles. The van der Waals surface area contributed by atoms with Crippen molar-refractivity contribution < 1.29 is 18.3 Å². The summed E-state index contributed by atoms with van der Waals surface area (Å²) in [7, 11) is 0. The van der Waals surface area contributed by atoms with Crippen LogP contribution in [0.3, 0.4) is 0 Å². The van der Waals surface area contributed by atoms with Crippen molar-refractivity contribution in [2.45, 2.75) is 0 Å². The van der Waals surface area contributed by atoms with Crippen LogP contribution in [0, 0.1) is 11.6 Å². The lowest BCUT2D eigenvalue weighted by atomic mass is 10.3. The monoisotopic (exact) mass is 392 g/mol. The Balaban J connectivity index is 2.00. The first-order valence-electron chi connectivity index (χ1n) is 5.22. The lowest BCUT2D eigenvalue weighted by Crippen LogP contribution is -2.07. The molecule has 0 radical (unpaired) electrons. The van der Waals surface area contributed by atoms with Gasteiger partial charge in [0.25, 0.3) is 0 Å². The van der Waals surface area contributed by atoms with Gasteiger partial charge < -0.3 is 9.47 Å². The lowest BCUT2D eigenvalue weighted by Gasteiger charge is -2.10. The number of hydrogen-bond acceptors (Lipinski definition) is 2. The number of halogens is 4. The van der Waals surface area contributed by atoms with Gasteiger partial charge >= 0.3 is 0 Å². The second-order valence-electron chi connectivity index (χ2n) is 3.56. The third-order valence-electron chi connectivity index (χ3n) is 2.22. The molecule has 2 rings (SSSR count). The molecule has 0 heterocycles. The van der Waals surface area contributed by atoms with Crippen LogP contribution in [0.5, 0.6) is 11.5 Å². The minimum Gasteiger partial charge on any atom is -0.454 e. The fraction of sp³-hybridized carbons (Fsp3) is 0.0769. The summed E-state index contributed by atoms with van der Waals surface area (Å²) in [6.07, 6.45) is 0. The van der Waals surface area contributed by atoms with Gasteiger partial charge in [0.15, 0.2) is 23.1 Å². The first kappa shape index (κ1) is 14.3. The van der Waals surface area contributed by atoms with Gasteiger partial charge in [0, 0.05) is 8.95 Å². The largest absolute Gasteiger partial charge is 0.454 e. The van der Waals surface area contributed by atoms with E-state index in [2.05, 4.69) is 31.9 Å². The van der Waals surface area contributed by atoms with Crippen molar-refractivity contribution in [3.05, 3.63) is 57.0 Å². The molecule has 0 unspecified atom stereocenters.